The minimum Gasteiger partial charge on any atom is -0.372 e. The number of nitrogens with two attached hydrogens (primary N) is 1. The van der Waals surface area contributed by atoms with Crippen LogP contribution in [-0.2, 0) is 0 Å². The van der Waals surface area contributed by atoms with Gasteiger partial charge in [0.05, 0.1) is 33.2 Å². The third-order valence-corrected chi connectivity index (χ3v) is 7.52. The summed E-state index contributed by atoms with van der Waals surface area (Å²) in [5, 5.41) is 3.42. The van der Waals surface area contributed by atoms with Crippen LogP contribution in [0.5, 0.6) is 0 Å². The fourth-order valence-corrected chi connectivity index (χ4v) is 5.25. The third kappa shape index (κ3) is 5.63. The highest BCUT2D eigenvalue weighted by Crippen LogP contribution is 2.43. The van der Waals surface area contributed by atoms with Crippen molar-refractivity contribution in [3.05, 3.63) is 78.2 Å². The first-order valence-electron chi connectivity index (χ1n) is 13.9. The lowest BCUT2D eigenvalue weighted by Gasteiger charge is -2.10. The van der Waals surface area contributed by atoms with E-state index in [0.29, 0.717) is 28.6 Å². The molecule has 2 aliphatic carbocycles. The molecule has 0 spiro atoms. The molecule has 4 heterocycles. The van der Waals surface area contributed by atoms with Gasteiger partial charge in [0.2, 0.25) is 0 Å². The van der Waals surface area contributed by atoms with Gasteiger partial charge in [0, 0.05) is 31.5 Å². The Kier molecular flexibility index (Phi) is 7.96. The number of fused-ring (bicyclic) bond motifs is 2. The molecular formula is C30H29ClF2N10. The molecule has 2 fully saturated rings. The van der Waals surface area contributed by atoms with Crippen molar-refractivity contribution in [1.29, 1.82) is 0 Å². The van der Waals surface area contributed by atoms with Crippen molar-refractivity contribution in [2.75, 3.05) is 19.4 Å². The molecule has 0 bridgehead atoms. The molecule has 2 saturated carbocycles. The summed E-state index contributed by atoms with van der Waals surface area (Å²) in [5.74, 6) is 1.72. The number of hydrogen-bond acceptors (Lipinski definition) is 8. The van der Waals surface area contributed by atoms with Crippen molar-refractivity contribution in [3.63, 3.8) is 0 Å². The highest BCUT2D eigenvalue weighted by molar-refractivity contribution is 6.31. The maximum atomic E-state index is 13.6. The number of hydrogen-bond donors (Lipinski definition) is 2. The van der Waals surface area contributed by atoms with Crippen LogP contribution in [0.2, 0.25) is 5.15 Å². The predicted molar refractivity (Wildman–Crippen MR) is 163 cm³/mol. The second-order valence-electron chi connectivity index (χ2n) is 10.1. The molecule has 220 valence electrons. The van der Waals surface area contributed by atoms with E-state index < -0.39 is 0 Å². The summed E-state index contributed by atoms with van der Waals surface area (Å²) in [6.45, 7) is 0. The zero-order chi connectivity index (χ0) is 30.1. The Bertz CT molecular complexity index is 1910. The highest BCUT2D eigenvalue weighted by atomic mass is 35.5. The minimum absolute atomic E-state index is 0.242. The highest BCUT2D eigenvalue weighted by Gasteiger charge is 2.31. The average Bonchev–Trinajstić information content (AvgIpc) is 3.98. The summed E-state index contributed by atoms with van der Waals surface area (Å²) >= 11 is 6.14. The van der Waals surface area contributed by atoms with Gasteiger partial charge in [-0.1, -0.05) is 11.6 Å². The van der Waals surface area contributed by atoms with Crippen LogP contribution >= 0.6 is 11.6 Å². The molecule has 3 N–H and O–H groups in total. The van der Waals surface area contributed by atoms with E-state index in [2.05, 4.69) is 45.5 Å². The lowest BCUT2D eigenvalue weighted by atomic mass is 10.2. The van der Waals surface area contributed by atoms with Crippen LogP contribution in [0.1, 0.15) is 37.8 Å². The van der Waals surface area contributed by atoms with Crippen LogP contribution in [0.15, 0.2) is 61.4 Å². The van der Waals surface area contributed by atoms with E-state index in [9.17, 15) is 8.78 Å². The van der Waals surface area contributed by atoms with Gasteiger partial charge in [-0.2, -0.15) is 0 Å². The van der Waals surface area contributed by atoms with Gasteiger partial charge in [0.1, 0.15) is 46.9 Å². The van der Waals surface area contributed by atoms with Crippen LogP contribution in [0.4, 0.5) is 14.6 Å². The number of halogens is 3. The average molecular weight is 603 g/mol. The quantitative estimate of drug-likeness (QED) is 0.223. The summed E-state index contributed by atoms with van der Waals surface area (Å²) in [5.41, 5.74) is 9.19. The van der Waals surface area contributed by atoms with Crippen LogP contribution in [0, 0.1) is 11.6 Å². The molecule has 0 unspecified atom stereocenters. The van der Waals surface area contributed by atoms with Gasteiger partial charge in [-0.05, 0) is 69.1 Å². The number of nitrogens with zero attached hydrogens (tertiary/aromatic N) is 8. The fraction of sp³-hybridized carbons (Fsp3) is 0.267. The Morgan fingerprint density at radius 2 is 1.26 bits per heavy atom. The maximum absolute atomic E-state index is 13.6. The molecule has 13 heteroatoms. The molecule has 0 amide bonds. The molecule has 0 radical (unpaired) electrons. The minimum atomic E-state index is -0.263. The Labute approximate surface area is 251 Å². The Balaban J connectivity index is 0.000000145. The SMILES string of the molecule is CN.CNc1ncncc1-c1nc2ccc(F)cc2n1C1CC1.Fc1ccc2nc(-c3cncnc3Cl)n(C3CC3)c2c1. The Morgan fingerprint density at radius 1 is 0.767 bits per heavy atom. The molecule has 43 heavy (non-hydrogen) atoms. The van der Waals surface area contributed by atoms with E-state index in [1.807, 2.05) is 11.6 Å². The van der Waals surface area contributed by atoms with E-state index in [0.717, 1.165) is 65.0 Å². The molecule has 0 saturated heterocycles. The van der Waals surface area contributed by atoms with Crippen molar-refractivity contribution in [2.45, 2.75) is 37.8 Å². The second-order valence-corrected chi connectivity index (χ2v) is 10.5. The standard InChI is InChI=1S/C15H14FN5.C14H10ClFN4.CH5N/c1-17-14-11(7-18-8-19-14)15-20-12-5-2-9(16)6-13(12)21(15)10-3-4-10;15-13-10(6-17-7-18-13)14-19-11-4-1-8(16)5-12(11)20(14)9-2-3-9;1-2/h2,5-8,10H,3-4H2,1H3,(H,17,18,19);1,4-7,9H,2-3H2;2H2,1H3. The van der Waals surface area contributed by atoms with E-state index in [1.54, 1.807) is 30.6 Å². The lowest BCUT2D eigenvalue weighted by molar-refractivity contribution is 0.627. The lowest BCUT2D eigenvalue weighted by Crippen LogP contribution is -2.02. The first-order chi connectivity index (χ1) is 21.0. The van der Waals surface area contributed by atoms with E-state index >= 15 is 0 Å². The second kappa shape index (κ2) is 12.0. The molecule has 2 aliphatic rings. The predicted octanol–water partition coefficient (Wildman–Crippen LogP) is 6.20. The van der Waals surface area contributed by atoms with E-state index in [-0.39, 0.29) is 11.6 Å². The van der Waals surface area contributed by atoms with Gasteiger partial charge >= 0.3 is 0 Å². The third-order valence-electron chi connectivity index (χ3n) is 7.22. The van der Waals surface area contributed by atoms with Gasteiger partial charge in [-0.25, -0.2) is 38.7 Å². The number of imidazole rings is 2. The summed E-state index contributed by atoms with van der Waals surface area (Å²) in [6.07, 6.45) is 10.6. The molecule has 2 aromatic carbocycles. The smallest absolute Gasteiger partial charge is 0.146 e. The number of rotatable bonds is 5. The first kappa shape index (κ1) is 28.6. The monoisotopic (exact) mass is 602 g/mol. The summed E-state index contributed by atoms with van der Waals surface area (Å²) < 4.78 is 31.2. The van der Waals surface area contributed by atoms with Gasteiger partial charge in [-0.3, -0.25) is 0 Å². The molecule has 4 aromatic heterocycles. The summed E-state index contributed by atoms with van der Waals surface area (Å²) in [7, 11) is 3.32. The van der Waals surface area contributed by atoms with Crippen LogP contribution in [0.25, 0.3) is 44.8 Å². The number of anilines is 1. The Hall–Kier alpha value is -4.55. The van der Waals surface area contributed by atoms with Gasteiger partial charge in [0.25, 0.3) is 0 Å². The normalized spacial score (nSPS) is 14.2. The van der Waals surface area contributed by atoms with Crippen molar-refractivity contribution >= 4 is 39.5 Å². The largest absolute Gasteiger partial charge is 0.372 e. The maximum Gasteiger partial charge on any atom is 0.146 e. The van der Waals surface area contributed by atoms with Crippen molar-refractivity contribution in [3.8, 4) is 22.8 Å². The topological polar surface area (TPSA) is 125 Å². The van der Waals surface area contributed by atoms with Crippen molar-refractivity contribution in [2.24, 2.45) is 5.73 Å². The number of nitrogens with one attached hydrogen (secondary N) is 1. The van der Waals surface area contributed by atoms with Gasteiger partial charge in [-0.15, -0.1) is 0 Å². The summed E-state index contributed by atoms with van der Waals surface area (Å²) in [6, 6.07) is 10.1. The fourth-order valence-electron chi connectivity index (χ4n) is 5.07. The zero-order valence-electron chi connectivity index (χ0n) is 23.5. The van der Waals surface area contributed by atoms with Crippen LogP contribution in [-0.4, -0.2) is 53.1 Å². The van der Waals surface area contributed by atoms with Gasteiger partial charge in [0.15, 0.2) is 0 Å². The van der Waals surface area contributed by atoms with Crippen molar-refractivity contribution in [1.82, 2.24) is 39.0 Å². The molecular weight excluding hydrogens is 574 g/mol. The number of aromatic nitrogens is 8. The van der Waals surface area contributed by atoms with E-state index in [1.165, 1.54) is 37.9 Å². The molecule has 0 aliphatic heterocycles. The summed E-state index contributed by atoms with van der Waals surface area (Å²) in [4.78, 5) is 25.6. The molecule has 0 atom stereocenters. The zero-order valence-corrected chi connectivity index (χ0v) is 24.3. The number of benzene rings is 2. The van der Waals surface area contributed by atoms with Crippen LogP contribution < -0.4 is 11.1 Å². The molecule has 6 aromatic rings. The van der Waals surface area contributed by atoms with Gasteiger partial charge < -0.3 is 20.2 Å². The first-order valence-corrected chi connectivity index (χ1v) is 14.3. The Morgan fingerprint density at radius 3 is 1.74 bits per heavy atom. The van der Waals surface area contributed by atoms with Crippen LogP contribution in [0.3, 0.4) is 0 Å². The van der Waals surface area contributed by atoms with E-state index in [4.69, 9.17) is 11.6 Å². The molecule has 10 nitrogen and oxygen atoms in total. The molecule has 8 rings (SSSR count). The van der Waals surface area contributed by atoms with Crippen molar-refractivity contribution < 1.29 is 8.78 Å².